The van der Waals surface area contributed by atoms with Crippen LogP contribution in [0.3, 0.4) is 0 Å². The third-order valence-corrected chi connectivity index (χ3v) is 0.813. The third kappa shape index (κ3) is 9.18. The lowest BCUT2D eigenvalue weighted by Crippen LogP contribution is -1.98. The molecule has 8 heavy (non-hydrogen) atoms. The number of carbonyl (C=O) groups excluding carboxylic acids is 1. The number of ketones is 1. The lowest BCUT2D eigenvalue weighted by Gasteiger charge is -1.90. The molecule has 0 aromatic rings. The van der Waals surface area contributed by atoms with Gasteiger partial charge in [-0.25, -0.2) is 0 Å². The molecular formula is C7H18O. The molecular weight excluding hydrogens is 100 g/mol. The van der Waals surface area contributed by atoms with Crippen LogP contribution >= 0.6 is 0 Å². The van der Waals surface area contributed by atoms with Crippen molar-refractivity contribution in [1.82, 2.24) is 0 Å². The molecule has 0 saturated carbocycles. The van der Waals surface area contributed by atoms with Crippen molar-refractivity contribution in [2.45, 2.75) is 35.6 Å². The van der Waals surface area contributed by atoms with E-state index in [1.807, 2.05) is 13.8 Å². The van der Waals surface area contributed by atoms with Crippen LogP contribution < -0.4 is 0 Å². The summed E-state index contributed by atoms with van der Waals surface area (Å²) in [5.74, 6) is 0.472. The quantitative estimate of drug-likeness (QED) is 0.517. The zero-order chi connectivity index (χ0) is 5.15. The molecule has 0 fully saturated rings. The highest BCUT2D eigenvalue weighted by molar-refractivity contribution is 5.77. The smallest absolute Gasteiger partial charge is 0.132 e. The van der Waals surface area contributed by atoms with Crippen molar-refractivity contribution in [2.24, 2.45) is 5.92 Å². The molecule has 0 aliphatic carbocycles. The molecule has 0 N–H and O–H groups in total. The van der Waals surface area contributed by atoms with Crippen molar-refractivity contribution < 1.29 is 4.79 Å². The summed E-state index contributed by atoms with van der Waals surface area (Å²) in [7, 11) is 0. The molecule has 0 unspecified atom stereocenters. The Hall–Kier alpha value is -0.330. The highest BCUT2D eigenvalue weighted by atomic mass is 16.1. The summed E-state index contributed by atoms with van der Waals surface area (Å²) in [4.78, 5) is 10.1. The van der Waals surface area contributed by atoms with Gasteiger partial charge in [0.05, 0.1) is 0 Å². The van der Waals surface area contributed by atoms with Crippen LogP contribution in [-0.2, 0) is 4.79 Å². The van der Waals surface area contributed by atoms with Crippen molar-refractivity contribution in [2.75, 3.05) is 0 Å². The first-order valence-corrected chi connectivity index (χ1v) is 2.15. The zero-order valence-electron chi connectivity index (χ0n) is 4.49. The summed E-state index contributed by atoms with van der Waals surface area (Å²) in [5.41, 5.74) is 0. The molecule has 0 atom stereocenters. The fourth-order valence-electron chi connectivity index (χ4n) is 0. The van der Waals surface area contributed by atoms with Crippen molar-refractivity contribution in [3.8, 4) is 0 Å². The van der Waals surface area contributed by atoms with E-state index in [1.165, 1.54) is 0 Å². The van der Waals surface area contributed by atoms with Crippen LogP contribution in [0.4, 0.5) is 0 Å². The Bertz CT molecular complexity index is 55.4. The molecule has 1 nitrogen and oxygen atoms in total. The van der Waals surface area contributed by atoms with Crippen LogP contribution in [0.25, 0.3) is 0 Å². The van der Waals surface area contributed by atoms with Crippen LogP contribution in [0, 0.1) is 5.92 Å². The second kappa shape index (κ2) is 6.67. The van der Waals surface area contributed by atoms with Gasteiger partial charge < -0.3 is 0 Å². The van der Waals surface area contributed by atoms with Crippen LogP contribution in [0.15, 0.2) is 0 Å². The molecule has 0 aliphatic heterocycles. The van der Waals surface area contributed by atoms with E-state index in [1.54, 1.807) is 6.92 Å². The summed E-state index contributed by atoms with van der Waals surface area (Å²) in [5, 5.41) is 0. The van der Waals surface area contributed by atoms with E-state index in [2.05, 4.69) is 0 Å². The molecule has 0 aromatic heterocycles. The number of rotatable bonds is 1. The molecule has 52 valence electrons. The van der Waals surface area contributed by atoms with Crippen molar-refractivity contribution in [3.63, 3.8) is 0 Å². The van der Waals surface area contributed by atoms with E-state index in [0.717, 1.165) is 0 Å². The number of hydrogen-bond donors (Lipinski definition) is 0. The van der Waals surface area contributed by atoms with Crippen molar-refractivity contribution in [1.29, 1.82) is 0 Å². The van der Waals surface area contributed by atoms with E-state index in [0.29, 0.717) is 0 Å². The van der Waals surface area contributed by atoms with Gasteiger partial charge in [0.25, 0.3) is 0 Å². The van der Waals surface area contributed by atoms with Gasteiger partial charge in [0.15, 0.2) is 0 Å². The van der Waals surface area contributed by atoms with Crippen LogP contribution in [0.5, 0.6) is 0 Å². The van der Waals surface area contributed by atoms with Gasteiger partial charge in [-0.1, -0.05) is 28.7 Å². The Morgan fingerprint density at radius 1 is 1.25 bits per heavy atom. The lowest BCUT2D eigenvalue weighted by atomic mass is 10.1. The lowest BCUT2D eigenvalue weighted by molar-refractivity contribution is -0.119. The van der Waals surface area contributed by atoms with Crippen LogP contribution in [-0.4, -0.2) is 5.78 Å². The first kappa shape index (κ1) is 15.6. The summed E-state index contributed by atoms with van der Waals surface area (Å²) < 4.78 is 0. The molecule has 0 heterocycles. The maximum Gasteiger partial charge on any atom is 0.132 e. The second-order valence-electron chi connectivity index (χ2n) is 1.77. The normalized spacial score (nSPS) is 7.00. The molecule has 0 aliphatic rings. The van der Waals surface area contributed by atoms with E-state index < -0.39 is 0 Å². The summed E-state index contributed by atoms with van der Waals surface area (Å²) in [6.07, 6.45) is 0. The number of hydrogen-bond acceptors (Lipinski definition) is 1. The molecule has 0 saturated heterocycles. The van der Waals surface area contributed by atoms with Gasteiger partial charge in [0, 0.05) is 5.92 Å². The van der Waals surface area contributed by atoms with E-state index >= 15 is 0 Å². The van der Waals surface area contributed by atoms with Crippen molar-refractivity contribution in [3.05, 3.63) is 0 Å². The Morgan fingerprint density at radius 3 is 1.38 bits per heavy atom. The third-order valence-electron chi connectivity index (χ3n) is 0.813. The molecule has 0 aromatic carbocycles. The van der Waals surface area contributed by atoms with Crippen LogP contribution in [0.2, 0.25) is 0 Å². The number of carbonyl (C=O) groups is 1. The molecule has 0 amide bonds. The average Bonchev–Trinajstić information content (AvgIpc) is 1.36. The number of Topliss-reactive ketones (excluding diaryl/α,β-unsaturated/α-hetero) is 1. The van der Waals surface area contributed by atoms with Gasteiger partial charge >= 0.3 is 0 Å². The largest absolute Gasteiger partial charge is 0.300 e. The highest BCUT2D eigenvalue weighted by Gasteiger charge is 1.94. The predicted octanol–water partition coefficient (Wildman–Crippen LogP) is 2.50. The van der Waals surface area contributed by atoms with Gasteiger partial charge in [0.1, 0.15) is 5.78 Å². The summed E-state index contributed by atoms with van der Waals surface area (Å²) in [6, 6.07) is 0. The molecule has 0 spiro atoms. The molecule has 0 radical (unpaired) electrons. The fourth-order valence-corrected chi connectivity index (χ4v) is 0. The van der Waals surface area contributed by atoms with Gasteiger partial charge in [-0.15, -0.1) is 0 Å². The SMILES string of the molecule is C.C.CC(=O)C(C)C. The molecule has 0 rings (SSSR count). The predicted molar refractivity (Wildman–Crippen MR) is 39.0 cm³/mol. The summed E-state index contributed by atoms with van der Waals surface area (Å²) >= 11 is 0. The topological polar surface area (TPSA) is 17.1 Å². The minimum Gasteiger partial charge on any atom is -0.300 e. The maximum absolute atomic E-state index is 10.1. The monoisotopic (exact) mass is 118 g/mol. The summed E-state index contributed by atoms with van der Waals surface area (Å²) in [6.45, 7) is 5.38. The van der Waals surface area contributed by atoms with E-state index in [-0.39, 0.29) is 26.6 Å². The Kier molecular flexibility index (Phi) is 13.0. The van der Waals surface area contributed by atoms with E-state index in [9.17, 15) is 4.79 Å². The maximum atomic E-state index is 10.1. The average molecular weight is 118 g/mol. The first-order valence-electron chi connectivity index (χ1n) is 2.15. The van der Waals surface area contributed by atoms with Crippen molar-refractivity contribution >= 4 is 5.78 Å². The van der Waals surface area contributed by atoms with Gasteiger partial charge in [0.2, 0.25) is 0 Å². The second-order valence-corrected chi connectivity index (χ2v) is 1.77. The Labute approximate surface area is 53.1 Å². The zero-order valence-corrected chi connectivity index (χ0v) is 4.49. The fraction of sp³-hybridized carbons (Fsp3) is 0.857. The standard InChI is InChI=1S/C5H10O.2CH4/c1-4(2)5(3)6;;/h4H,1-3H3;2*1H4. The Balaban J connectivity index is -0.000000125. The minimum atomic E-state index is 0. The van der Waals surface area contributed by atoms with Gasteiger partial charge in [-0.2, -0.15) is 0 Å². The highest BCUT2D eigenvalue weighted by Crippen LogP contribution is 1.89. The van der Waals surface area contributed by atoms with E-state index in [4.69, 9.17) is 0 Å². The Morgan fingerprint density at radius 2 is 1.38 bits per heavy atom. The minimum absolute atomic E-state index is 0. The molecule has 0 bridgehead atoms. The van der Waals surface area contributed by atoms with Crippen LogP contribution in [0.1, 0.15) is 35.6 Å². The molecule has 1 heteroatoms. The van der Waals surface area contributed by atoms with Gasteiger partial charge in [-0.05, 0) is 6.92 Å². The van der Waals surface area contributed by atoms with Gasteiger partial charge in [-0.3, -0.25) is 4.79 Å². The first-order chi connectivity index (χ1) is 2.64.